The first-order valence-electron chi connectivity index (χ1n) is 7.35. The van der Waals surface area contributed by atoms with Crippen LogP contribution in [-0.2, 0) is 4.79 Å². The Bertz CT molecular complexity index is 632. The highest BCUT2D eigenvalue weighted by molar-refractivity contribution is 5.95. The zero-order chi connectivity index (χ0) is 16.2. The van der Waals surface area contributed by atoms with Crippen molar-refractivity contribution in [1.82, 2.24) is 0 Å². The number of amides is 1. The van der Waals surface area contributed by atoms with Crippen LogP contribution in [-0.4, -0.2) is 11.9 Å². The van der Waals surface area contributed by atoms with Crippen molar-refractivity contribution in [2.24, 2.45) is 11.1 Å². The highest BCUT2D eigenvalue weighted by Crippen LogP contribution is 2.22. The summed E-state index contributed by atoms with van der Waals surface area (Å²) < 4.78 is 0. The Balaban J connectivity index is 2.07. The van der Waals surface area contributed by atoms with Gasteiger partial charge in [-0.3, -0.25) is 4.79 Å². The Morgan fingerprint density at radius 2 is 1.55 bits per heavy atom. The molecule has 2 aromatic carbocycles. The van der Waals surface area contributed by atoms with Crippen LogP contribution < -0.4 is 16.4 Å². The van der Waals surface area contributed by atoms with Crippen LogP contribution in [0.4, 0.5) is 17.1 Å². The van der Waals surface area contributed by atoms with Crippen LogP contribution in [0.3, 0.4) is 0 Å². The summed E-state index contributed by atoms with van der Waals surface area (Å²) in [6.45, 7) is 5.85. The zero-order valence-electron chi connectivity index (χ0n) is 13.3. The fourth-order valence-electron chi connectivity index (χ4n) is 1.98. The Kier molecular flexibility index (Phi) is 4.83. The number of anilines is 3. The van der Waals surface area contributed by atoms with Crippen molar-refractivity contribution in [2.75, 3.05) is 10.6 Å². The monoisotopic (exact) mass is 297 g/mol. The molecule has 22 heavy (non-hydrogen) atoms. The molecule has 0 radical (unpaired) electrons. The average molecular weight is 297 g/mol. The lowest BCUT2D eigenvalue weighted by Crippen LogP contribution is -2.45. The summed E-state index contributed by atoms with van der Waals surface area (Å²) in [6.07, 6.45) is 0. The molecule has 4 N–H and O–H groups in total. The Labute approximate surface area is 131 Å². The standard InChI is InChI=1S/C18H23N3O/c1-18(2,3)16(19)17(22)21-15-11-7-10-14(12-15)20-13-8-5-4-6-9-13/h4-12,16,20H,19H2,1-3H3,(H,21,22)/t16-/m1/s1. The highest BCUT2D eigenvalue weighted by atomic mass is 16.2. The lowest BCUT2D eigenvalue weighted by atomic mass is 9.87. The highest BCUT2D eigenvalue weighted by Gasteiger charge is 2.27. The Morgan fingerprint density at radius 3 is 2.18 bits per heavy atom. The van der Waals surface area contributed by atoms with E-state index in [1.165, 1.54) is 0 Å². The second kappa shape index (κ2) is 6.62. The van der Waals surface area contributed by atoms with Gasteiger partial charge in [0.25, 0.3) is 0 Å². The molecule has 0 spiro atoms. The van der Waals surface area contributed by atoms with Gasteiger partial charge in [-0.1, -0.05) is 45.0 Å². The number of rotatable bonds is 4. The molecule has 0 fully saturated rings. The van der Waals surface area contributed by atoms with Gasteiger partial charge in [0.1, 0.15) is 0 Å². The lowest BCUT2D eigenvalue weighted by molar-refractivity contribution is -0.119. The van der Waals surface area contributed by atoms with E-state index in [0.29, 0.717) is 0 Å². The van der Waals surface area contributed by atoms with Crippen molar-refractivity contribution in [3.8, 4) is 0 Å². The van der Waals surface area contributed by atoms with Crippen molar-refractivity contribution in [3.63, 3.8) is 0 Å². The van der Waals surface area contributed by atoms with Crippen molar-refractivity contribution < 1.29 is 4.79 Å². The Hall–Kier alpha value is -2.33. The molecule has 0 aliphatic carbocycles. The number of nitrogens with one attached hydrogen (secondary N) is 2. The molecule has 0 saturated heterocycles. The SMILES string of the molecule is CC(C)(C)[C@H](N)C(=O)Nc1cccc(Nc2ccccc2)c1. The Morgan fingerprint density at radius 1 is 0.955 bits per heavy atom. The molecular weight excluding hydrogens is 274 g/mol. The van der Waals surface area contributed by atoms with Crippen LogP contribution in [0.15, 0.2) is 54.6 Å². The molecule has 4 heteroatoms. The van der Waals surface area contributed by atoms with Crippen LogP contribution in [0.1, 0.15) is 20.8 Å². The predicted molar refractivity (Wildman–Crippen MR) is 92.2 cm³/mol. The molecule has 0 aliphatic rings. The summed E-state index contributed by atoms with van der Waals surface area (Å²) in [5.41, 5.74) is 8.34. The molecule has 2 rings (SSSR count). The van der Waals surface area contributed by atoms with Gasteiger partial charge >= 0.3 is 0 Å². The van der Waals surface area contributed by atoms with Crippen LogP contribution in [0.25, 0.3) is 0 Å². The van der Waals surface area contributed by atoms with Gasteiger partial charge in [-0.25, -0.2) is 0 Å². The van der Waals surface area contributed by atoms with E-state index >= 15 is 0 Å². The quantitative estimate of drug-likeness (QED) is 0.805. The third-order valence-electron chi connectivity index (χ3n) is 3.41. The third kappa shape index (κ3) is 4.33. The molecule has 0 aromatic heterocycles. The molecule has 0 saturated carbocycles. The first kappa shape index (κ1) is 16.0. The normalized spacial score (nSPS) is 12.5. The summed E-state index contributed by atoms with van der Waals surface area (Å²) in [7, 11) is 0. The van der Waals surface area contributed by atoms with Gasteiger partial charge in [0.15, 0.2) is 0 Å². The fourth-order valence-corrected chi connectivity index (χ4v) is 1.98. The topological polar surface area (TPSA) is 67.2 Å². The summed E-state index contributed by atoms with van der Waals surface area (Å²) in [6, 6.07) is 16.9. The summed E-state index contributed by atoms with van der Waals surface area (Å²) >= 11 is 0. The number of carbonyl (C=O) groups excluding carboxylic acids is 1. The van der Waals surface area contributed by atoms with E-state index < -0.39 is 6.04 Å². The van der Waals surface area contributed by atoms with E-state index in [4.69, 9.17) is 5.73 Å². The maximum absolute atomic E-state index is 12.2. The van der Waals surface area contributed by atoms with E-state index in [1.807, 2.05) is 75.4 Å². The molecule has 0 heterocycles. The largest absolute Gasteiger partial charge is 0.355 e. The van der Waals surface area contributed by atoms with Gasteiger partial charge < -0.3 is 16.4 Å². The van der Waals surface area contributed by atoms with Crippen molar-refractivity contribution in [1.29, 1.82) is 0 Å². The number of hydrogen-bond acceptors (Lipinski definition) is 3. The van der Waals surface area contributed by atoms with Crippen LogP contribution in [0.5, 0.6) is 0 Å². The minimum Gasteiger partial charge on any atom is -0.355 e. The maximum Gasteiger partial charge on any atom is 0.241 e. The van der Waals surface area contributed by atoms with E-state index in [2.05, 4.69) is 10.6 Å². The van der Waals surface area contributed by atoms with Crippen LogP contribution in [0, 0.1) is 5.41 Å². The van der Waals surface area contributed by atoms with E-state index in [9.17, 15) is 4.79 Å². The van der Waals surface area contributed by atoms with E-state index in [0.717, 1.165) is 17.1 Å². The van der Waals surface area contributed by atoms with Crippen molar-refractivity contribution in [3.05, 3.63) is 54.6 Å². The van der Waals surface area contributed by atoms with Gasteiger partial charge in [0.2, 0.25) is 5.91 Å². The first-order chi connectivity index (χ1) is 10.4. The minimum absolute atomic E-state index is 0.177. The van der Waals surface area contributed by atoms with Gasteiger partial charge in [-0.05, 0) is 35.7 Å². The molecule has 116 valence electrons. The molecule has 1 amide bonds. The zero-order valence-corrected chi connectivity index (χ0v) is 13.3. The fraction of sp³-hybridized carbons (Fsp3) is 0.278. The lowest BCUT2D eigenvalue weighted by Gasteiger charge is -2.25. The number of carbonyl (C=O) groups is 1. The molecular formula is C18H23N3O. The minimum atomic E-state index is -0.557. The number of para-hydroxylation sites is 1. The van der Waals surface area contributed by atoms with Crippen molar-refractivity contribution >= 4 is 23.0 Å². The van der Waals surface area contributed by atoms with Crippen LogP contribution >= 0.6 is 0 Å². The van der Waals surface area contributed by atoms with Crippen molar-refractivity contribution in [2.45, 2.75) is 26.8 Å². The number of hydrogen-bond donors (Lipinski definition) is 3. The average Bonchev–Trinajstić information content (AvgIpc) is 2.47. The first-order valence-corrected chi connectivity index (χ1v) is 7.35. The van der Waals surface area contributed by atoms with Gasteiger partial charge in [0.05, 0.1) is 6.04 Å². The summed E-state index contributed by atoms with van der Waals surface area (Å²) in [5.74, 6) is -0.177. The van der Waals surface area contributed by atoms with E-state index in [-0.39, 0.29) is 11.3 Å². The van der Waals surface area contributed by atoms with Gasteiger partial charge in [0, 0.05) is 17.1 Å². The summed E-state index contributed by atoms with van der Waals surface area (Å²) in [5, 5.41) is 6.16. The molecule has 1 atom stereocenters. The van der Waals surface area contributed by atoms with Gasteiger partial charge in [-0.2, -0.15) is 0 Å². The second-order valence-electron chi connectivity index (χ2n) is 6.40. The predicted octanol–water partition coefficient (Wildman–Crippen LogP) is 3.74. The molecule has 4 nitrogen and oxygen atoms in total. The second-order valence-corrected chi connectivity index (χ2v) is 6.40. The molecule has 0 aliphatic heterocycles. The summed E-state index contributed by atoms with van der Waals surface area (Å²) in [4.78, 5) is 12.2. The molecule has 0 unspecified atom stereocenters. The third-order valence-corrected chi connectivity index (χ3v) is 3.41. The molecule has 0 bridgehead atoms. The smallest absolute Gasteiger partial charge is 0.241 e. The van der Waals surface area contributed by atoms with Crippen LogP contribution in [0.2, 0.25) is 0 Å². The maximum atomic E-state index is 12.2. The molecule has 2 aromatic rings. The number of benzene rings is 2. The van der Waals surface area contributed by atoms with E-state index in [1.54, 1.807) is 0 Å². The number of nitrogens with two attached hydrogens (primary N) is 1. The van der Waals surface area contributed by atoms with Gasteiger partial charge in [-0.15, -0.1) is 0 Å².